The maximum absolute atomic E-state index is 10.7. The van der Waals surface area contributed by atoms with Gasteiger partial charge in [-0.2, -0.15) is 0 Å². The van der Waals surface area contributed by atoms with Crippen molar-refractivity contribution < 1.29 is 19.0 Å². The topological polar surface area (TPSA) is 97.5 Å². The summed E-state index contributed by atoms with van der Waals surface area (Å²) in [6, 6.07) is 0. The van der Waals surface area contributed by atoms with E-state index in [-0.39, 0.29) is 0 Å². The Labute approximate surface area is 68.8 Å². The van der Waals surface area contributed by atoms with Gasteiger partial charge in [-0.1, -0.05) is 0 Å². The number of rotatable bonds is 2. The Balaban J connectivity index is 3.11. The lowest BCUT2D eigenvalue weighted by molar-refractivity contribution is -0.419. The lowest BCUT2D eigenvalue weighted by Crippen LogP contribution is -2.07. The van der Waals surface area contributed by atoms with Gasteiger partial charge in [0.1, 0.15) is 5.57 Å². The van der Waals surface area contributed by atoms with Gasteiger partial charge in [0.05, 0.1) is 21.1 Å². The monoisotopic (exact) mass is 189 g/mol. The molecule has 0 saturated carbocycles. The first-order valence-electron chi connectivity index (χ1n) is 2.73. The Morgan fingerprint density at radius 3 is 2.50 bits per heavy atom. The molecule has 1 heterocycles. The van der Waals surface area contributed by atoms with Crippen LogP contribution in [0.5, 0.6) is 0 Å². The first kappa shape index (κ1) is 8.60. The van der Waals surface area contributed by atoms with Gasteiger partial charge in [-0.05, 0) is 0 Å². The highest BCUT2D eigenvalue weighted by atomic mass is 32.2. The van der Waals surface area contributed by atoms with Crippen molar-refractivity contribution >= 4 is 16.8 Å². The molecule has 0 aromatic carbocycles. The number of hydrogen-bond donors (Lipinski definition) is 1. The summed E-state index contributed by atoms with van der Waals surface area (Å²) in [7, 11) is -1.67. The van der Waals surface area contributed by atoms with Crippen LogP contribution in [0.15, 0.2) is 22.1 Å². The number of nitro groups is 1. The smallest absolute Gasteiger partial charge is 0.343 e. The molecule has 6 nitrogen and oxygen atoms in total. The predicted molar refractivity (Wildman–Crippen MR) is 38.9 cm³/mol. The molecular weight excluding hydrogens is 186 g/mol. The quantitative estimate of drug-likeness (QED) is 0.480. The molecule has 1 aliphatic rings. The Kier molecular flexibility index (Phi) is 2.05. The minimum atomic E-state index is -1.67. The molecule has 0 aromatic rings. The van der Waals surface area contributed by atoms with Crippen LogP contribution in [0.4, 0.5) is 0 Å². The SMILES string of the molecule is O=C(O)C1=CS(=O)C=C1[N+](=O)[O-]. The molecule has 1 N–H and O–H groups in total. The van der Waals surface area contributed by atoms with E-state index in [1.165, 1.54) is 0 Å². The van der Waals surface area contributed by atoms with Crippen LogP contribution >= 0.6 is 0 Å². The molecule has 0 fully saturated rings. The largest absolute Gasteiger partial charge is 0.477 e. The summed E-state index contributed by atoms with van der Waals surface area (Å²) in [5.74, 6) is -1.44. The second-order valence-electron chi connectivity index (χ2n) is 1.93. The summed E-state index contributed by atoms with van der Waals surface area (Å²) in [6.45, 7) is 0. The van der Waals surface area contributed by atoms with Crippen LogP contribution in [0.3, 0.4) is 0 Å². The number of aliphatic carboxylic acids is 1. The second-order valence-corrected chi connectivity index (χ2v) is 3.05. The van der Waals surface area contributed by atoms with Gasteiger partial charge in [0.25, 0.3) is 5.70 Å². The second kappa shape index (κ2) is 2.86. The fourth-order valence-electron chi connectivity index (χ4n) is 0.685. The van der Waals surface area contributed by atoms with Crippen LogP contribution in [0, 0.1) is 10.1 Å². The van der Waals surface area contributed by atoms with Gasteiger partial charge in [0.2, 0.25) is 0 Å². The Bertz CT molecular complexity index is 310. The third kappa shape index (κ3) is 1.40. The van der Waals surface area contributed by atoms with E-state index in [0.717, 1.165) is 10.8 Å². The Morgan fingerprint density at radius 1 is 1.58 bits per heavy atom. The number of carboxylic acids is 1. The van der Waals surface area contributed by atoms with Gasteiger partial charge in [-0.3, -0.25) is 14.3 Å². The van der Waals surface area contributed by atoms with Gasteiger partial charge in [-0.25, -0.2) is 4.79 Å². The van der Waals surface area contributed by atoms with E-state index < -0.39 is 33.0 Å². The molecule has 7 heteroatoms. The zero-order chi connectivity index (χ0) is 9.30. The van der Waals surface area contributed by atoms with Gasteiger partial charge in [-0.15, -0.1) is 0 Å². The molecule has 0 spiro atoms. The van der Waals surface area contributed by atoms with Crippen LogP contribution < -0.4 is 0 Å². The number of carbonyl (C=O) groups is 1. The third-order valence-electron chi connectivity index (χ3n) is 1.16. The first-order chi connectivity index (χ1) is 5.52. The normalized spacial score (nSPS) is 21.5. The molecule has 12 heavy (non-hydrogen) atoms. The van der Waals surface area contributed by atoms with E-state index in [4.69, 9.17) is 5.11 Å². The van der Waals surface area contributed by atoms with E-state index >= 15 is 0 Å². The lowest BCUT2D eigenvalue weighted by atomic mass is 10.2. The highest BCUT2D eigenvalue weighted by Gasteiger charge is 2.30. The van der Waals surface area contributed by atoms with Gasteiger partial charge < -0.3 is 5.11 Å². The van der Waals surface area contributed by atoms with E-state index in [1.54, 1.807) is 0 Å². The van der Waals surface area contributed by atoms with E-state index in [9.17, 15) is 19.1 Å². The summed E-state index contributed by atoms with van der Waals surface area (Å²) in [4.78, 5) is 19.6. The molecule has 0 saturated heterocycles. The molecular formula is C5H3NO5S. The molecule has 64 valence electrons. The Morgan fingerprint density at radius 2 is 2.17 bits per heavy atom. The standard InChI is InChI=1S/C5H3NO5S/c7-5(8)3-1-12(11)2-4(3)6(9)10/h1-2H,(H,7,8). The average Bonchev–Trinajstić information content (AvgIpc) is 2.31. The van der Waals surface area contributed by atoms with E-state index in [2.05, 4.69) is 0 Å². The van der Waals surface area contributed by atoms with Gasteiger partial charge in [0.15, 0.2) is 0 Å². The zero-order valence-corrected chi connectivity index (χ0v) is 6.41. The zero-order valence-electron chi connectivity index (χ0n) is 5.59. The summed E-state index contributed by atoms with van der Waals surface area (Å²) >= 11 is 0. The number of hydrogen-bond acceptors (Lipinski definition) is 4. The van der Waals surface area contributed by atoms with Gasteiger partial charge in [0, 0.05) is 5.41 Å². The van der Waals surface area contributed by atoms with Crippen molar-refractivity contribution in [2.75, 3.05) is 0 Å². The average molecular weight is 189 g/mol. The van der Waals surface area contributed by atoms with Crippen LogP contribution in [0.1, 0.15) is 0 Å². The minimum Gasteiger partial charge on any atom is -0.477 e. The third-order valence-corrected chi connectivity index (χ3v) is 2.09. The molecule has 1 atom stereocenters. The molecule has 1 rings (SSSR count). The van der Waals surface area contributed by atoms with Crippen LogP contribution in [-0.2, 0) is 15.6 Å². The highest BCUT2D eigenvalue weighted by molar-refractivity contribution is 7.91. The molecule has 0 amide bonds. The maximum atomic E-state index is 10.7. The molecule has 0 aromatic heterocycles. The molecule has 1 unspecified atom stereocenters. The van der Waals surface area contributed by atoms with E-state index in [1.807, 2.05) is 0 Å². The van der Waals surface area contributed by atoms with Crippen LogP contribution in [0.25, 0.3) is 0 Å². The summed E-state index contributed by atoms with van der Waals surface area (Å²) in [5, 5.41) is 20.2. The summed E-state index contributed by atoms with van der Waals surface area (Å²) in [6.07, 6.45) is 0. The fourth-order valence-corrected chi connectivity index (χ4v) is 1.64. The first-order valence-corrected chi connectivity index (χ1v) is 4.01. The lowest BCUT2D eigenvalue weighted by Gasteiger charge is -1.91. The van der Waals surface area contributed by atoms with Crippen molar-refractivity contribution in [2.24, 2.45) is 0 Å². The molecule has 0 aliphatic carbocycles. The fraction of sp³-hybridized carbons (Fsp3) is 0. The van der Waals surface area contributed by atoms with Crippen molar-refractivity contribution in [3.63, 3.8) is 0 Å². The highest BCUT2D eigenvalue weighted by Crippen LogP contribution is 2.19. The van der Waals surface area contributed by atoms with Crippen molar-refractivity contribution in [3.05, 3.63) is 32.2 Å². The molecule has 0 radical (unpaired) electrons. The number of nitrogens with zero attached hydrogens (tertiary/aromatic N) is 1. The predicted octanol–water partition coefficient (Wildman–Crippen LogP) is -0.165. The Hall–Kier alpha value is -1.50. The van der Waals surface area contributed by atoms with Crippen molar-refractivity contribution in [2.45, 2.75) is 0 Å². The van der Waals surface area contributed by atoms with Crippen molar-refractivity contribution in [1.82, 2.24) is 0 Å². The van der Waals surface area contributed by atoms with Crippen LogP contribution in [0.2, 0.25) is 0 Å². The van der Waals surface area contributed by atoms with Gasteiger partial charge >= 0.3 is 5.97 Å². The molecule has 0 bridgehead atoms. The minimum absolute atomic E-state index is 0.515. The maximum Gasteiger partial charge on any atom is 0.343 e. The van der Waals surface area contributed by atoms with Crippen molar-refractivity contribution in [3.8, 4) is 0 Å². The van der Waals surface area contributed by atoms with Crippen molar-refractivity contribution in [1.29, 1.82) is 0 Å². The van der Waals surface area contributed by atoms with Crippen LogP contribution in [-0.4, -0.2) is 20.2 Å². The summed E-state index contributed by atoms with van der Waals surface area (Å²) in [5.41, 5.74) is -1.13. The van der Waals surface area contributed by atoms with E-state index in [0.29, 0.717) is 0 Å². The number of carboxylic acid groups (broad SMARTS) is 1. The molecule has 1 aliphatic heterocycles. The summed E-state index contributed by atoms with van der Waals surface area (Å²) < 4.78 is 10.7.